The average molecular weight is 238 g/mol. The summed E-state index contributed by atoms with van der Waals surface area (Å²) < 4.78 is 31.6. The highest BCUT2D eigenvalue weighted by Crippen LogP contribution is 2.09. The van der Waals surface area contributed by atoms with Crippen LogP contribution in [0.3, 0.4) is 0 Å². The molecular formula is C8H18N2O4S. The summed E-state index contributed by atoms with van der Waals surface area (Å²) in [6.45, 7) is 2.07. The van der Waals surface area contributed by atoms with E-state index in [0.29, 0.717) is 39.3 Å². The van der Waals surface area contributed by atoms with Crippen LogP contribution >= 0.6 is 0 Å². The number of nitrogens with zero attached hydrogens (tertiary/aromatic N) is 2. The molecule has 0 unspecified atom stereocenters. The van der Waals surface area contributed by atoms with E-state index in [4.69, 9.17) is 9.84 Å². The van der Waals surface area contributed by atoms with E-state index < -0.39 is 10.2 Å². The van der Waals surface area contributed by atoms with Crippen LogP contribution in [0.4, 0.5) is 0 Å². The third-order valence-corrected chi connectivity index (χ3v) is 4.31. The fraction of sp³-hybridized carbons (Fsp3) is 1.00. The molecule has 0 aliphatic carbocycles. The van der Waals surface area contributed by atoms with Crippen molar-refractivity contribution in [3.8, 4) is 0 Å². The van der Waals surface area contributed by atoms with E-state index in [1.165, 1.54) is 15.7 Å². The van der Waals surface area contributed by atoms with Crippen LogP contribution in [-0.4, -0.2) is 68.6 Å². The van der Waals surface area contributed by atoms with E-state index in [1.807, 2.05) is 0 Å². The number of ether oxygens (including phenoxy) is 1. The molecule has 1 saturated heterocycles. The summed E-state index contributed by atoms with van der Waals surface area (Å²) in [5.74, 6) is 0. The third kappa shape index (κ3) is 3.39. The van der Waals surface area contributed by atoms with E-state index >= 15 is 0 Å². The fourth-order valence-corrected chi connectivity index (χ4v) is 2.75. The smallest absolute Gasteiger partial charge is 0.281 e. The molecule has 0 aromatic rings. The molecule has 0 atom stereocenters. The van der Waals surface area contributed by atoms with Crippen LogP contribution in [0.1, 0.15) is 6.42 Å². The van der Waals surface area contributed by atoms with Crippen LogP contribution in [-0.2, 0) is 14.9 Å². The zero-order valence-electron chi connectivity index (χ0n) is 8.92. The van der Waals surface area contributed by atoms with Gasteiger partial charge >= 0.3 is 0 Å². The lowest BCUT2D eigenvalue weighted by atomic mass is 10.5. The van der Waals surface area contributed by atoms with Gasteiger partial charge in [0.1, 0.15) is 0 Å². The Labute approximate surface area is 90.6 Å². The van der Waals surface area contributed by atoms with Gasteiger partial charge in [-0.25, -0.2) is 0 Å². The van der Waals surface area contributed by atoms with Crippen molar-refractivity contribution in [2.45, 2.75) is 6.42 Å². The van der Waals surface area contributed by atoms with Crippen molar-refractivity contribution in [1.82, 2.24) is 8.61 Å². The van der Waals surface area contributed by atoms with E-state index in [2.05, 4.69) is 0 Å². The monoisotopic (exact) mass is 238 g/mol. The lowest BCUT2D eigenvalue weighted by Gasteiger charge is -2.30. The third-order valence-electron chi connectivity index (χ3n) is 2.32. The van der Waals surface area contributed by atoms with Gasteiger partial charge in [0, 0.05) is 33.3 Å². The molecule has 1 N–H and O–H groups in total. The molecule has 0 aromatic heterocycles. The van der Waals surface area contributed by atoms with Gasteiger partial charge < -0.3 is 9.84 Å². The highest BCUT2D eigenvalue weighted by atomic mass is 32.2. The van der Waals surface area contributed by atoms with Crippen LogP contribution in [0.2, 0.25) is 0 Å². The van der Waals surface area contributed by atoms with Crippen molar-refractivity contribution in [3.05, 3.63) is 0 Å². The molecule has 1 heterocycles. The van der Waals surface area contributed by atoms with E-state index in [-0.39, 0.29) is 6.61 Å². The van der Waals surface area contributed by atoms with Crippen molar-refractivity contribution in [1.29, 1.82) is 0 Å². The van der Waals surface area contributed by atoms with Gasteiger partial charge in [-0.2, -0.15) is 17.0 Å². The van der Waals surface area contributed by atoms with Gasteiger partial charge in [-0.15, -0.1) is 0 Å². The number of rotatable bonds is 5. The molecule has 1 aliphatic heterocycles. The van der Waals surface area contributed by atoms with E-state index in [0.717, 1.165) is 0 Å². The molecule has 1 rings (SSSR count). The molecule has 6 nitrogen and oxygen atoms in total. The van der Waals surface area contributed by atoms with Crippen LogP contribution < -0.4 is 0 Å². The summed E-state index contributed by atoms with van der Waals surface area (Å²) in [4.78, 5) is 0. The molecule has 0 radical (unpaired) electrons. The normalized spacial score (nSPS) is 19.7. The first kappa shape index (κ1) is 12.9. The molecule has 0 spiro atoms. The molecule has 0 saturated carbocycles. The fourth-order valence-electron chi connectivity index (χ4n) is 1.38. The van der Waals surface area contributed by atoms with Crippen LogP contribution in [0.5, 0.6) is 0 Å². The van der Waals surface area contributed by atoms with Crippen LogP contribution in [0, 0.1) is 0 Å². The highest BCUT2D eigenvalue weighted by molar-refractivity contribution is 7.86. The summed E-state index contributed by atoms with van der Waals surface area (Å²) in [6.07, 6.45) is 0.458. The zero-order valence-corrected chi connectivity index (χ0v) is 9.74. The first-order valence-corrected chi connectivity index (χ1v) is 6.38. The number of hydrogen-bond donors (Lipinski definition) is 1. The minimum atomic E-state index is -3.36. The van der Waals surface area contributed by atoms with Crippen molar-refractivity contribution in [2.24, 2.45) is 0 Å². The molecule has 90 valence electrons. The van der Waals surface area contributed by atoms with E-state index in [1.54, 1.807) is 0 Å². The Morgan fingerprint density at radius 2 is 2.00 bits per heavy atom. The quantitative estimate of drug-likeness (QED) is 0.658. The van der Waals surface area contributed by atoms with E-state index in [9.17, 15) is 8.42 Å². The van der Waals surface area contributed by atoms with Crippen LogP contribution in [0.15, 0.2) is 0 Å². The zero-order chi connectivity index (χ0) is 11.3. The topological polar surface area (TPSA) is 70.1 Å². The molecule has 1 fully saturated rings. The van der Waals surface area contributed by atoms with Gasteiger partial charge in [-0.05, 0) is 6.42 Å². The second kappa shape index (κ2) is 5.76. The first-order valence-electron chi connectivity index (χ1n) is 4.99. The Balaban J connectivity index is 2.55. The second-order valence-electron chi connectivity index (χ2n) is 3.42. The average Bonchev–Trinajstić information content (AvgIpc) is 2.27. The summed E-state index contributed by atoms with van der Waals surface area (Å²) in [5, 5.41) is 8.64. The number of aliphatic hydroxyl groups is 1. The standard InChI is InChI=1S/C8H18N2O4S/c1-9(3-2-6-11)15(12,13)10-4-7-14-8-5-10/h11H,2-8H2,1H3. The number of morpholine rings is 1. The Morgan fingerprint density at radius 3 is 2.53 bits per heavy atom. The lowest BCUT2D eigenvalue weighted by molar-refractivity contribution is 0.0705. The second-order valence-corrected chi connectivity index (χ2v) is 5.45. The van der Waals surface area contributed by atoms with Gasteiger partial charge in [0.15, 0.2) is 0 Å². The van der Waals surface area contributed by atoms with Crippen LogP contribution in [0.25, 0.3) is 0 Å². The highest BCUT2D eigenvalue weighted by Gasteiger charge is 2.27. The summed E-state index contributed by atoms with van der Waals surface area (Å²) >= 11 is 0. The van der Waals surface area contributed by atoms with Crippen molar-refractivity contribution >= 4 is 10.2 Å². The summed E-state index contributed by atoms with van der Waals surface area (Å²) in [7, 11) is -1.83. The van der Waals surface area contributed by atoms with Crippen molar-refractivity contribution in [2.75, 3.05) is 46.5 Å². The van der Waals surface area contributed by atoms with Gasteiger partial charge in [-0.1, -0.05) is 0 Å². The predicted molar refractivity (Wildman–Crippen MR) is 55.6 cm³/mol. The number of aliphatic hydroxyl groups excluding tert-OH is 1. The SMILES string of the molecule is CN(CCCO)S(=O)(=O)N1CCOCC1. The van der Waals surface area contributed by atoms with Crippen molar-refractivity contribution < 1.29 is 18.3 Å². The first-order chi connectivity index (χ1) is 7.09. The summed E-state index contributed by atoms with van der Waals surface area (Å²) in [5.41, 5.74) is 0. The minimum Gasteiger partial charge on any atom is -0.396 e. The predicted octanol–water partition coefficient (Wildman–Crippen LogP) is -1.12. The Bertz CT molecular complexity index is 274. The van der Waals surface area contributed by atoms with Crippen molar-refractivity contribution in [3.63, 3.8) is 0 Å². The molecule has 0 bridgehead atoms. The molecule has 7 heteroatoms. The maximum atomic E-state index is 11.9. The van der Waals surface area contributed by atoms with Gasteiger partial charge in [0.05, 0.1) is 13.2 Å². The molecule has 1 aliphatic rings. The Hall–Kier alpha value is -0.210. The maximum Gasteiger partial charge on any atom is 0.281 e. The van der Waals surface area contributed by atoms with Gasteiger partial charge in [0.2, 0.25) is 0 Å². The Kier molecular flexibility index (Phi) is 4.94. The molecular weight excluding hydrogens is 220 g/mol. The number of hydrogen-bond acceptors (Lipinski definition) is 4. The minimum absolute atomic E-state index is 0.00295. The summed E-state index contributed by atoms with van der Waals surface area (Å²) in [6, 6.07) is 0. The van der Waals surface area contributed by atoms with Gasteiger partial charge in [0.25, 0.3) is 10.2 Å². The lowest BCUT2D eigenvalue weighted by Crippen LogP contribution is -2.47. The Morgan fingerprint density at radius 1 is 1.40 bits per heavy atom. The maximum absolute atomic E-state index is 11.9. The largest absolute Gasteiger partial charge is 0.396 e. The molecule has 0 aromatic carbocycles. The molecule has 15 heavy (non-hydrogen) atoms. The molecule has 0 amide bonds. The van der Waals surface area contributed by atoms with Gasteiger partial charge in [-0.3, -0.25) is 0 Å².